The molecule has 0 aromatic heterocycles. The van der Waals surface area contributed by atoms with Crippen LogP contribution in [0.5, 0.6) is 11.5 Å². The van der Waals surface area contributed by atoms with E-state index in [2.05, 4.69) is 5.32 Å². The van der Waals surface area contributed by atoms with Crippen LogP contribution < -0.4 is 19.7 Å². The topological polar surface area (TPSA) is 94.2 Å². The van der Waals surface area contributed by atoms with Gasteiger partial charge < -0.3 is 24.4 Å². The van der Waals surface area contributed by atoms with E-state index in [4.69, 9.17) is 14.2 Å². The SMILES string of the molecule is CCOc1ccc(OCC(=O)OCC(=O)Nc2cccc(N3CCCC3=O)c2)cc1. The summed E-state index contributed by atoms with van der Waals surface area (Å²) in [6.45, 7) is 2.38. The molecule has 1 heterocycles. The minimum absolute atomic E-state index is 0.0694. The summed E-state index contributed by atoms with van der Waals surface area (Å²) < 4.78 is 15.6. The highest BCUT2D eigenvalue weighted by atomic mass is 16.6. The van der Waals surface area contributed by atoms with Crippen LogP contribution in [0.2, 0.25) is 0 Å². The van der Waals surface area contributed by atoms with Crippen LogP contribution in [0.15, 0.2) is 48.5 Å². The third-order valence-corrected chi connectivity index (χ3v) is 4.37. The lowest BCUT2D eigenvalue weighted by atomic mass is 10.2. The highest BCUT2D eigenvalue weighted by Gasteiger charge is 2.21. The maximum Gasteiger partial charge on any atom is 0.344 e. The summed E-state index contributed by atoms with van der Waals surface area (Å²) >= 11 is 0. The predicted octanol–water partition coefficient (Wildman–Crippen LogP) is 2.77. The first-order valence-electron chi connectivity index (χ1n) is 9.76. The van der Waals surface area contributed by atoms with Crippen LogP contribution in [-0.2, 0) is 19.1 Å². The fourth-order valence-electron chi connectivity index (χ4n) is 3.00. The minimum Gasteiger partial charge on any atom is -0.494 e. The van der Waals surface area contributed by atoms with E-state index in [1.165, 1.54) is 0 Å². The lowest BCUT2D eigenvalue weighted by molar-refractivity contribution is -0.149. The number of ether oxygens (including phenoxy) is 3. The van der Waals surface area contributed by atoms with Crippen LogP contribution in [0.4, 0.5) is 11.4 Å². The van der Waals surface area contributed by atoms with Crippen LogP contribution in [0.1, 0.15) is 19.8 Å². The number of amides is 2. The van der Waals surface area contributed by atoms with Crippen molar-refractivity contribution in [3.8, 4) is 11.5 Å². The molecule has 0 radical (unpaired) electrons. The third-order valence-electron chi connectivity index (χ3n) is 4.37. The van der Waals surface area contributed by atoms with Crippen molar-refractivity contribution in [2.75, 3.05) is 36.6 Å². The molecule has 0 saturated carbocycles. The maximum absolute atomic E-state index is 12.1. The standard InChI is InChI=1S/C22H24N2O6/c1-2-28-18-8-10-19(11-9-18)29-15-22(27)30-14-20(25)23-16-5-3-6-17(13-16)24-12-4-7-21(24)26/h3,5-6,8-11,13H,2,4,7,12,14-15H2,1H3,(H,23,25). The zero-order chi connectivity index (χ0) is 21.3. The van der Waals surface area contributed by atoms with E-state index >= 15 is 0 Å². The van der Waals surface area contributed by atoms with Gasteiger partial charge >= 0.3 is 5.97 Å². The summed E-state index contributed by atoms with van der Waals surface area (Å²) in [5, 5.41) is 2.66. The lowest BCUT2D eigenvalue weighted by Gasteiger charge is -2.16. The molecule has 0 aliphatic carbocycles. The van der Waals surface area contributed by atoms with Crippen molar-refractivity contribution in [2.45, 2.75) is 19.8 Å². The summed E-state index contributed by atoms with van der Waals surface area (Å²) in [6, 6.07) is 13.8. The van der Waals surface area contributed by atoms with Gasteiger partial charge in [-0.15, -0.1) is 0 Å². The Hall–Kier alpha value is -3.55. The summed E-state index contributed by atoms with van der Waals surface area (Å²) in [6.07, 6.45) is 1.36. The van der Waals surface area contributed by atoms with Crippen molar-refractivity contribution >= 4 is 29.2 Å². The second-order valence-corrected chi connectivity index (χ2v) is 6.60. The molecule has 8 heteroatoms. The Labute approximate surface area is 174 Å². The summed E-state index contributed by atoms with van der Waals surface area (Å²) in [5.41, 5.74) is 1.26. The highest BCUT2D eigenvalue weighted by molar-refractivity contribution is 5.97. The molecule has 2 amide bonds. The number of hydrogen-bond donors (Lipinski definition) is 1. The first-order chi connectivity index (χ1) is 14.5. The van der Waals surface area contributed by atoms with Crippen molar-refractivity contribution < 1.29 is 28.6 Å². The van der Waals surface area contributed by atoms with Gasteiger partial charge in [0.1, 0.15) is 11.5 Å². The molecule has 0 spiro atoms. The van der Waals surface area contributed by atoms with E-state index in [-0.39, 0.29) is 12.5 Å². The monoisotopic (exact) mass is 412 g/mol. The molecule has 0 unspecified atom stereocenters. The molecule has 30 heavy (non-hydrogen) atoms. The molecule has 1 aliphatic rings. The lowest BCUT2D eigenvalue weighted by Crippen LogP contribution is -2.25. The van der Waals surface area contributed by atoms with E-state index in [1.54, 1.807) is 47.4 Å². The van der Waals surface area contributed by atoms with Crippen LogP contribution in [0, 0.1) is 0 Å². The number of hydrogen-bond acceptors (Lipinski definition) is 6. The van der Waals surface area contributed by atoms with Gasteiger partial charge in [0.25, 0.3) is 5.91 Å². The minimum atomic E-state index is -0.657. The average molecular weight is 412 g/mol. The number of esters is 1. The van der Waals surface area contributed by atoms with Crippen LogP contribution in [-0.4, -0.2) is 44.1 Å². The fourth-order valence-corrected chi connectivity index (χ4v) is 3.00. The molecule has 1 aliphatic heterocycles. The molecular weight excluding hydrogens is 388 g/mol. The van der Waals surface area contributed by atoms with Gasteiger partial charge in [-0.3, -0.25) is 9.59 Å². The third kappa shape index (κ3) is 5.97. The molecule has 1 N–H and O–H groups in total. The smallest absolute Gasteiger partial charge is 0.344 e. The average Bonchev–Trinajstić information content (AvgIpc) is 3.18. The summed E-state index contributed by atoms with van der Waals surface area (Å²) in [7, 11) is 0. The number of carbonyl (C=O) groups excluding carboxylic acids is 3. The van der Waals surface area contributed by atoms with Crippen molar-refractivity contribution in [3.05, 3.63) is 48.5 Å². The molecule has 3 rings (SSSR count). The van der Waals surface area contributed by atoms with Gasteiger partial charge in [-0.1, -0.05) is 6.07 Å². The van der Waals surface area contributed by atoms with Gasteiger partial charge in [-0.05, 0) is 55.8 Å². The van der Waals surface area contributed by atoms with Gasteiger partial charge in [0, 0.05) is 24.3 Å². The molecule has 1 saturated heterocycles. The number of nitrogens with one attached hydrogen (secondary N) is 1. The second-order valence-electron chi connectivity index (χ2n) is 6.60. The molecule has 1 fully saturated rings. The van der Waals surface area contributed by atoms with Gasteiger partial charge in [-0.2, -0.15) is 0 Å². The van der Waals surface area contributed by atoms with E-state index in [0.717, 1.165) is 12.1 Å². The fraction of sp³-hybridized carbons (Fsp3) is 0.318. The van der Waals surface area contributed by atoms with Gasteiger partial charge in [0.05, 0.1) is 6.61 Å². The molecule has 0 bridgehead atoms. The molecule has 2 aromatic carbocycles. The Bertz CT molecular complexity index is 897. The zero-order valence-corrected chi connectivity index (χ0v) is 16.8. The van der Waals surface area contributed by atoms with Gasteiger partial charge in [0.15, 0.2) is 13.2 Å². The Balaban J connectivity index is 1.42. The van der Waals surface area contributed by atoms with E-state index < -0.39 is 18.5 Å². The zero-order valence-electron chi connectivity index (χ0n) is 16.8. The van der Waals surface area contributed by atoms with E-state index in [0.29, 0.717) is 36.8 Å². The van der Waals surface area contributed by atoms with Gasteiger partial charge in [-0.25, -0.2) is 4.79 Å². The molecular formula is C22H24N2O6. The quantitative estimate of drug-likeness (QED) is 0.637. The maximum atomic E-state index is 12.1. The second kappa shape index (κ2) is 10.3. The van der Waals surface area contributed by atoms with Crippen molar-refractivity contribution in [2.24, 2.45) is 0 Å². The largest absolute Gasteiger partial charge is 0.494 e. The van der Waals surface area contributed by atoms with Gasteiger partial charge in [0.2, 0.25) is 5.91 Å². The number of nitrogens with zero attached hydrogens (tertiary/aromatic N) is 1. The van der Waals surface area contributed by atoms with Crippen molar-refractivity contribution in [3.63, 3.8) is 0 Å². The first kappa shape index (κ1) is 21.2. The summed E-state index contributed by atoms with van der Waals surface area (Å²) in [4.78, 5) is 37.4. The molecule has 158 valence electrons. The number of carbonyl (C=O) groups is 3. The van der Waals surface area contributed by atoms with Crippen molar-refractivity contribution in [1.29, 1.82) is 0 Å². The molecule has 8 nitrogen and oxygen atoms in total. The Morgan fingerprint density at radius 2 is 1.77 bits per heavy atom. The number of rotatable bonds is 9. The summed E-state index contributed by atoms with van der Waals surface area (Å²) in [5.74, 6) is 0.139. The number of benzene rings is 2. The number of anilines is 2. The molecule has 2 aromatic rings. The Morgan fingerprint density at radius 1 is 1.03 bits per heavy atom. The van der Waals surface area contributed by atoms with Crippen LogP contribution in [0.25, 0.3) is 0 Å². The molecule has 0 atom stereocenters. The van der Waals surface area contributed by atoms with Crippen LogP contribution >= 0.6 is 0 Å². The van der Waals surface area contributed by atoms with E-state index in [1.807, 2.05) is 13.0 Å². The highest BCUT2D eigenvalue weighted by Crippen LogP contribution is 2.24. The normalized spacial score (nSPS) is 13.1. The van der Waals surface area contributed by atoms with E-state index in [9.17, 15) is 14.4 Å². The first-order valence-corrected chi connectivity index (χ1v) is 9.76. The van der Waals surface area contributed by atoms with Crippen LogP contribution in [0.3, 0.4) is 0 Å². The van der Waals surface area contributed by atoms with Crippen molar-refractivity contribution in [1.82, 2.24) is 0 Å². The predicted molar refractivity (Wildman–Crippen MR) is 111 cm³/mol. The Kier molecular flexibility index (Phi) is 7.26. The Morgan fingerprint density at radius 3 is 2.43 bits per heavy atom.